The van der Waals surface area contributed by atoms with Crippen LogP contribution >= 0.6 is 0 Å². The van der Waals surface area contributed by atoms with Crippen LogP contribution in [-0.4, -0.2) is 28.1 Å². The van der Waals surface area contributed by atoms with Gasteiger partial charge in [0, 0.05) is 18.9 Å². The lowest BCUT2D eigenvalue weighted by atomic mass is 10.2. The highest BCUT2D eigenvalue weighted by Crippen LogP contribution is 2.40. The Morgan fingerprint density at radius 2 is 1.93 bits per heavy atom. The Morgan fingerprint density at radius 3 is 2.57 bits per heavy atom. The Morgan fingerprint density at radius 1 is 1.20 bits per heavy atom. The minimum atomic E-state index is -4.83. The van der Waals surface area contributed by atoms with E-state index in [1.807, 2.05) is 0 Å². The van der Waals surface area contributed by atoms with Crippen molar-refractivity contribution in [1.82, 2.24) is 9.78 Å². The zero-order valence-corrected chi connectivity index (χ0v) is 15.9. The average molecular weight is 420 g/mol. The van der Waals surface area contributed by atoms with E-state index in [4.69, 9.17) is 0 Å². The fourth-order valence-electron chi connectivity index (χ4n) is 3.49. The first-order valence-corrected chi connectivity index (χ1v) is 9.62. The Bertz CT molecular complexity index is 1060. The number of carbonyl (C=O) groups is 2. The molecule has 2 amide bonds. The third-order valence-electron chi connectivity index (χ3n) is 5.13. The topological polar surface area (TPSA) is 84.3 Å². The van der Waals surface area contributed by atoms with Crippen molar-refractivity contribution < 1.29 is 22.8 Å². The van der Waals surface area contributed by atoms with Crippen LogP contribution in [0, 0.1) is 0 Å². The first-order valence-electron chi connectivity index (χ1n) is 9.62. The maximum atomic E-state index is 13.3. The normalized spacial score (nSPS) is 16.8. The third kappa shape index (κ3) is 4.07. The number of alkyl halides is 3. The van der Waals surface area contributed by atoms with Gasteiger partial charge in [-0.15, -0.1) is 0 Å². The maximum absolute atomic E-state index is 13.3. The molecular formula is C20H19F3N4O3. The van der Waals surface area contributed by atoms with Crippen molar-refractivity contribution in [3.63, 3.8) is 0 Å². The van der Waals surface area contributed by atoms with Crippen molar-refractivity contribution in [3.8, 4) is 0 Å². The number of halogens is 3. The Kier molecular flexibility index (Phi) is 5.08. The number of rotatable bonds is 5. The second-order valence-electron chi connectivity index (χ2n) is 7.43. The number of carbonyl (C=O) groups excluding carboxylic acids is 2. The van der Waals surface area contributed by atoms with E-state index in [0.717, 1.165) is 6.07 Å². The van der Waals surface area contributed by atoms with E-state index >= 15 is 0 Å². The first kappa shape index (κ1) is 20.1. The molecule has 1 saturated carbocycles. The van der Waals surface area contributed by atoms with E-state index in [0.29, 0.717) is 48.3 Å². The van der Waals surface area contributed by atoms with E-state index in [2.05, 4.69) is 10.4 Å². The molecule has 4 rings (SSSR count). The fraction of sp³-hybridized carbons (Fsp3) is 0.400. The van der Waals surface area contributed by atoms with Crippen LogP contribution in [0.1, 0.15) is 42.9 Å². The molecule has 1 aliphatic heterocycles. The molecule has 1 N–H and O–H groups in total. The fourth-order valence-corrected chi connectivity index (χ4v) is 3.49. The molecule has 0 unspecified atom stereocenters. The van der Waals surface area contributed by atoms with Crippen LogP contribution in [0.15, 0.2) is 35.1 Å². The molecular weight excluding hydrogens is 401 g/mol. The van der Waals surface area contributed by atoms with E-state index in [1.165, 1.54) is 0 Å². The van der Waals surface area contributed by atoms with Gasteiger partial charge in [-0.2, -0.15) is 18.3 Å². The van der Waals surface area contributed by atoms with Gasteiger partial charge in [-0.3, -0.25) is 14.4 Å². The van der Waals surface area contributed by atoms with E-state index in [9.17, 15) is 27.6 Å². The monoisotopic (exact) mass is 420 g/mol. The molecule has 30 heavy (non-hydrogen) atoms. The van der Waals surface area contributed by atoms with Gasteiger partial charge in [0.15, 0.2) is 0 Å². The first-order chi connectivity index (χ1) is 14.2. The Labute approximate surface area is 169 Å². The third-order valence-corrected chi connectivity index (χ3v) is 5.13. The summed E-state index contributed by atoms with van der Waals surface area (Å²) in [5.41, 5.74) is -1.66. The number of para-hydroxylation sites is 2. The van der Waals surface area contributed by atoms with Gasteiger partial charge >= 0.3 is 6.18 Å². The predicted molar refractivity (Wildman–Crippen MR) is 102 cm³/mol. The molecule has 7 nitrogen and oxygen atoms in total. The molecule has 1 aromatic carbocycles. The largest absolute Gasteiger partial charge is 0.421 e. The number of nitrogens with zero attached hydrogens (tertiary/aromatic N) is 3. The summed E-state index contributed by atoms with van der Waals surface area (Å²) in [5, 5.41) is 6.57. The van der Waals surface area contributed by atoms with Crippen LogP contribution in [-0.2, 0) is 22.3 Å². The summed E-state index contributed by atoms with van der Waals surface area (Å²) in [4.78, 5) is 38.4. The lowest BCUT2D eigenvalue weighted by Crippen LogP contribution is -2.35. The molecule has 158 valence electrons. The van der Waals surface area contributed by atoms with Gasteiger partial charge in [-0.1, -0.05) is 12.1 Å². The molecule has 2 aliphatic rings. The number of anilines is 2. The summed E-state index contributed by atoms with van der Waals surface area (Å²) < 4.78 is 40.3. The Balaban J connectivity index is 1.59. The van der Waals surface area contributed by atoms with Gasteiger partial charge in [0.2, 0.25) is 11.8 Å². The second kappa shape index (κ2) is 7.58. The SMILES string of the molecule is O=C(Cn1nc(C2CC2)cc(C(F)(F)F)c1=O)Nc1ccccc1N1CCCC1=O. The van der Waals surface area contributed by atoms with Gasteiger partial charge < -0.3 is 10.2 Å². The highest BCUT2D eigenvalue weighted by molar-refractivity contribution is 6.01. The van der Waals surface area contributed by atoms with Crippen molar-refractivity contribution in [1.29, 1.82) is 0 Å². The predicted octanol–water partition coefficient (Wildman–Crippen LogP) is 2.91. The zero-order chi connectivity index (χ0) is 21.5. The highest BCUT2D eigenvalue weighted by atomic mass is 19.4. The van der Waals surface area contributed by atoms with Gasteiger partial charge in [0.25, 0.3) is 5.56 Å². The summed E-state index contributed by atoms with van der Waals surface area (Å²) in [6.07, 6.45) is -2.31. The van der Waals surface area contributed by atoms with Crippen LogP contribution < -0.4 is 15.8 Å². The van der Waals surface area contributed by atoms with Gasteiger partial charge in [-0.05, 0) is 37.5 Å². The van der Waals surface area contributed by atoms with E-state index < -0.39 is 29.8 Å². The van der Waals surface area contributed by atoms with Gasteiger partial charge in [0.1, 0.15) is 12.1 Å². The van der Waals surface area contributed by atoms with Gasteiger partial charge in [-0.25, -0.2) is 4.68 Å². The molecule has 1 aliphatic carbocycles. The van der Waals surface area contributed by atoms with Crippen LogP contribution in [0.4, 0.5) is 24.5 Å². The molecule has 0 radical (unpaired) electrons. The van der Waals surface area contributed by atoms with Crippen molar-refractivity contribution in [2.24, 2.45) is 0 Å². The van der Waals surface area contributed by atoms with Crippen molar-refractivity contribution in [3.05, 3.63) is 51.9 Å². The molecule has 1 saturated heterocycles. The number of amides is 2. The molecule has 2 heterocycles. The standard InChI is InChI=1S/C20H19F3N4O3/c21-20(22,23)13-10-15(12-7-8-12)25-27(19(13)30)11-17(28)24-14-4-1-2-5-16(14)26-9-3-6-18(26)29/h1-2,4-5,10,12H,3,6-9,11H2,(H,24,28). The van der Waals surface area contributed by atoms with Crippen LogP contribution in [0.25, 0.3) is 0 Å². The van der Waals surface area contributed by atoms with Gasteiger partial charge in [0.05, 0.1) is 17.1 Å². The average Bonchev–Trinajstić information content (AvgIpc) is 3.44. The smallest absolute Gasteiger partial charge is 0.323 e. The van der Waals surface area contributed by atoms with Crippen molar-refractivity contribution in [2.45, 2.75) is 44.3 Å². The molecule has 2 aromatic rings. The summed E-state index contributed by atoms with van der Waals surface area (Å²) in [5.74, 6) is -0.894. The van der Waals surface area contributed by atoms with Crippen molar-refractivity contribution in [2.75, 3.05) is 16.8 Å². The minimum Gasteiger partial charge on any atom is -0.323 e. The lowest BCUT2D eigenvalue weighted by molar-refractivity contribution is -0.139. The molecule has 0 atom stereocenters. The van der Waals surface area contributed by atoms with Crippen molar-refractivity contribution >= 4 is 23.2 Å². The summed E-state index contributed by atoms with van der Waals surface area (Å²) >= 11 is 0. The molecule has 0 spiro atoms. The number of hydrogen-bond donors (Lipinski definition) is 1. The Hall–Kier alpha value is -3.17. The summed E-state index contributed by atoms with van der Waals surface area (Å²) in [6.45, 7) is -0.143. The number of benzene rings is 1. The summed E-state index contributed by atoms with van der Waals surface area (Å²) in [7, 11) is 0. The molecule has 1 aromatic heterocycles. The second-order valence-corrected chi connectivity index (χ2v) is 7.43. The lowest BCUT2D eigenvalue weighted by Gasteiger charge is -2.20. The number of nitrogens with one attached hydrogen (secondary N) is 1. The van der Waals surface area contributed by atoms with Crippen LogP contribution in [0.2, 0.25) is 0 Å². The van der Waals surface area contributed by atoms with E-state index in [1.54, 1.807) is 29.2 Å². The summed E-state index contributed by atoms with van der Waals surface area (Å²) in [6, 6.07) is 7.44. The molecule has 10 heteroatoms. The maximum Gasteiger partial charge on any atom is 0.421 e. The van der Waals surface area contributed by atoms with E-state index in [-0.39, 0.29) is 17.5 Å². The minimum absolute atomic E-state index is 0.0680. The van der Waals surface area contributed by atoms with Crippen LogP contribution in [0.3, 0.4) is 0 Å². The highest BCUT2D eigenvalue weighted by Gasteiger charge is 2.37. The zero-order valence-electron chi connectivity index (χ0n) is 15.9. The quantitative estimate of drug-likeness (QED) is 0.806. The van der Waals surface area contributed by atoms with Crippen LogP contribution in [0.5, 0.6) is 0 Å². The number of hydrogen-bond acceptors (Lipinski definition) is 4. The number of aromatic nitrogens is 2. The molecule has 0 bridgehead atoms. The molecule has 2 fully saturated rings.